The van der Waals surface area contributed by atoms with Gasteiger partial charge in [-0.05, 0) is 39.8 Å². The van der Waals surface area contributed by atoms with Crippen molar-refractivity contribution in [3.8, 4) is 0 Å². The number of carbonyl (C=O) groups excluding carboxylic acids is 1. The Morgan fingerprint density at radius 2 is 1.90 bits per heavy atom. The monoisotopic (exact) mass is 299 g/mol. The molecule has 0 radical (unpaired) electrons. The lowest BCUT2D eigenvalue weighted by molar-refractivity contribution is 0.0549. The van der Waals surface area contributed by atoms with Crippen LogP contribution < -0.4 is 4.90 Å². The molecule has 0 aliphatic heterocycles. The lowest BCUT2D eigenvalue weighted by atomic mass is 10.2. The molecule has 1 atom stereocenters. The molecule has 4 nitrogen and oxygen atoms in total. The lowest BCUT2D eigenvalue weighted by Gasteiger charge is -2.28. The third kappa shape index (κ3) is 5.80. The first-order valence-corrected chi connectivity index (χ1v) is 7.08. The van der Waals surface area contributed by atoms with Gasteiger partial charge in [0.2, 0.25) is 0 Å². The maximum atomic E-state index is 12.3. The molecule has 0 N–H and O–H groups in total. The number of ether oxygens (including phenoxy) is 2. The first kappa shape index (κ1) is 16.8. The third-order valence-corrected chi connectivity index (χ3v) is 2.62. The van der Waals surface area contributed by atoms with Crippen LogP contribution in [0.25, 0.3) is 0 Å². The van der Waals surface area contributed by atoms with E-state index in [1.54, 1.807) is 0 Å². The molecule has 112 valence electrons. The zero-order valence-corrected chi connectivity index (χ0v) is 13.2. The second-order valence-electron chi connectivity index (χ2n) is 5.29. The minimum absolute atomic E-state index is 0.230. The number of amides is 1. The van der Waals surface area contributed by atoms with Gasteiger partial charge in [-0.3, -0.25) is 4.90 Å². The van der Waals surface area contributed by atoms with E-state index in [-0.39, 0.29) is 6.54 Å². The molecule has 1 rings (SSSR count). The van der Waals surface area contributed by atoms with Crippen LogP contribution >= 0.6 is 11.6 Å². The molecule has 20 heavy (non-hydrogen) atoms. The Morgan fingerprint density at radius 1 is 1.30 bits per heavy atom. The van der Waals surface area contributed by atoms with E-state index in [1.807, 2.05) is 58.0 Å². The second kappa shape index (κ2) is 7.50. The van der Waals surface area contributed by atoms with Crippen LogP contribution in [0.5, 0.6) is 0 Å². The van der Waals surface area contributed by atoms with Crippen molar-refractivity contribution in [3.05, 3.63) is 30.3 Å². The Hall–Kier alpha value is -1.26. The Labute approximate surface area is 125 Å². The molecule has 5 heteroatoms. The summed E-state index contributed by atoms with van der Waals surface area (Å²) < 4.78 is 10.7. The van der Waals surface area contributed by atoms with Crippen molar-refractivity contribution in [2.24, 2.45) is 0 Å². The van der Waals surface area contributed by atoms with Crippen LogP contribution in [-0.4, -0.2) is 30.4 Å². The summed E-state index contributed by atoms with van der Waals surface area (Å²) in [5.41, 5.74) is -0.405. The van der Waals surface area contributed by atoms with Crippen molar-refractivity contribution in [2.45, 2.75) is 38.9 Å². The standard InChI is InChI=1S/C15H22ClNO3/c1-5-19-13(16)11-17(12-9-7-6-8-10-12)14(18)20-15(2,3)4/h6-10,13H,5,11H2,1-4H3. The summed E-state index contributed by atoms with van der Waals surface area (Å²) in [4.78, 5) is 13.8. The van der Waals surface area contributed by atoms with E-state index in [9.17, 15) is 4.79 Å². The number of hydrogen-bond acceptors (Lipinski definition) is 3. The Bertz CT molecular complexity index is 417. The SMILES string of the molecule is CCOC(Cl)CN(C(=O)OC(C)(C)C)c1ccccc1. The molecule has 0 aromatic heterocycles. The molecule has 0 bridgehead atoms. The van der Waals surface area contributed by atoms with Crippen LogP contribution in [0.1, 0.15) is 27.7 Å². The van der Waals surface area contributed by atoms with Gasteiger partial charge in [-0.25, -0.2) is 4.79 Å². The fourth-order valence-electron chi connectivity index (χ4n) is 1.59. The largest absolute Gasteiger partial charge is 0.443 e. The number of nitrogens with zero attached hydrogens (tertiary/aromatic N) is 1. The van der Waals surface area contributed by atoms with E-state index in [4.69, 9.17) is 21.1 Å². The van der Waals surface area contributed by atoms with Gasteiger partial charge in [0.25, 0.3) is 0 Å². The van der Waals surface area contributed by atoms with Crippen LogP contribution in [0.15, 0.2) is 30.3 Å². The number of para-hydroxylation sites is 1. The number of alkyl halides is 1. The van der Waals surface area contributed by atoms with Crippen LogP contribution in [0, 0.1) is 0 Å². The lowest BCUT2D eigenvalue weighted by Crippen LogP contribution is -2.40. The molecule has 0 spiro atoms. The summed E-state index contributed by atoms with van der Waals surface area (Å²) in [5, 5.41) is 0. The highest BCUT2D eigenvalue weighted by Crippen LogP contribution is 2.19. The van der Waals surface area contributed by atoms with Gasteiger partial charge in [-0.15, -0.1) is 0 Å². The normalized spacial score (nSPS) is 12.8. The highest BCUT2D eigenvalue weighted by atomic mass is 35.5. The Kier molecular flexibility index (Phi) is 6.30. The summed E-state index contributed by atoms with van der Waals surface area (Å²) in [6, 6.07) is 9.27. The van der Waals surface area contributed by atoms with Crippen molar-refractivity contribution < 1.29 is 14.3 Å². The highest BCUT2D eigenvalue weighted by Gasteiger charge is 2.25. The average molecular weight is 300 g/mol. The van der Waals surface area contributed by atoms with Gasteiger partial charge in [0.05, 0.1) is 6.54 Å². The maximum Gasteiger partial charge on any atom is 0.414 e. The Balaban J connectivity index is 2.87. The molecular formula is C15H22ClNO3. The molecule has 0 fully saturated rings. The van der Waals surface area contributed by atoms with Gasteiger partial charge in [-0.2, -0.15) is 0 Å². The average Bonchev–Trinajstić information content (AvgIpc) is 2.35. The third-order valence-electron chi connectivity index (χ3n) is 2.36. The first-order valence-electron chi connectivity index (χ1n) is 6.64. The van der Waals surface area contributed by atoms with Crippen molar-refractivity contribution in [1.82, 2.24) is 0 Å². The van der Waals surface area contributed by atoms with Gasteiger partial charge in [0.1, 0.15) is 11.2 Å². The minimum Gasteiger partial charge on any atom is -0.443 e. The van der Waals surface area contributed by atoms with E-state index >= 15 is 0 Å². The highest BCUT2D eigenvalue weighted by molar-refractivity contribution is 6.20. The topological polar surface area (TPSA) is 38.8 Å². The summed E-state index contributed by atoms with van der Waals surface area (Å²) in [6.07, 6.45) is -0.436. The molecule has 1 unspecified atom stereocenters. The summed E-state index contributed by atoms with van der Waals surface area (Å²) in [7, 11) is 0. The number of benzene rings is 1. The zero-order chi connectivity index (χ0) is 15.2. The molecule has 0 aliphatic rings. The van der Waals surface area contributed by atoms with Gasteiger partial charge >= 0.3 is 6.09 Å². The van der Waals surface area contributed by atoms with Crippen molar-refractivity contribution in [2.75, 3.05) is 18.1 Å². The first-order chi connectivity index (χ1) is 9.33. The number of anilines is 1. The number of rotatable bonds is 5. The zero-order valence-electron chi connectivity index (χ0n) is 12.4. The number of hydrogen-bond donors (Lipinski definition) is 0. The van der Waals surface area contributed by atoms with Crippen molar-refractivity contribution in [1.29, 1.82) is 0 Å². The Morgan fingerprint density at radius 3 is 2.40 bits per heavy atom. The molecule has 0 saturated carbocycles. The van der Waals surface area contributed by atoms with Gasteiger partial charge in [-0.1, -0.05) is 29.8 Å². The van der Waals surface area contributed by atoms with Crippen LogP contribution in [0.2, 0.25) is 0 Å². The summed E-state index contributed by atoms with van der Waals surface area (Å²) in [5.74, 6) is 0. The van der Waals surface area contributed by atoms with Crippen LogP contribution in [0.3, 0.4) is 0 Å². The molecule has 0 aliphatic carbocycles. The van der Waals surface area contributed by atoms with Gasteiger partial charge in [0, 0.05) is 12.3 Å². The van der Waals surface area contributed by atoms with Crippen molar-refractivity contribution >= 4 is 23.4 Å². The summed E-state index contributed by atoms with van der Waals surface area (Å²) in [6.45, 7) is 8.06. The molecule has 1 amide bonds. The second-order valence-corrected chi connectivity index (χ2v) is 5.78. The molecule has 1 aromatic carbocycles. The van der Waals surface area contributed by atoms with E-state index in [2.05, 4.69) is 0 Å². The van der Waals surface area contributed by atoms with Crippen LogP contribution in [-0.2, 0) is 9.47 Å². The van der Waals surface area contributed by atoms with E-state index < -0.39 is 17.3 Å². The molecule has 0 heterocycles. The predicted molar refractivity (Wildman–Crippen MR) is 81.3 cm³/mol. The van der Waals surface area contributed by atoms with Gasteiger partial charge < -0.3 is 9.47 Å². The molecule has 0 saturated heterocycles. The summed E-state index contributed by atoms with van der Waals surface area (Å²) >= 11 is 6.07. The molecule has 1 aromatic rings. The number of carbonyl (C=O) groups is 1. The fraction of sp³-hybridized carbons (Fsp3) is 0.533. The fourth-order valence-corrected chi connectivity index (χ4v) is 1.85. The number of halogens is 1. The van der Waals surface area contributed by atoms with E-state index in [0.29, 0.717) is 6.61 Å². The van der Waals surface area contributed by atoms with Gasteiger partial charge in [0.15, 0.2) is 0 Å². The van der Waals surface area contributed by atoms with E-state index in [0.717, 1.165) is 5.69 Å². The quantitative estimate of drug-likeness (QED) is 0.771. The predicted octanol–water partition coefficient (Wildman–Crippen LogP) is 4.03. The minimum atomic E-state index is -0.576. The van der Waals surface area contributed by atoms with E-state index in [1.165, 1.54) is 4.90 Å². The van der Waals surface area contributed by atoms with Crippen molar-refractivity contribution in [3.63, 3.8) is 0 Å². The molecular weight excluding hydrogens is 278 g/mol. The van der Waals surface area contributed by atoms with Crippen LogP contribution in [0.4, 0.5) is 10.5 Å². The maximum absolute atomic E-state index is 12.3. The smallest absolute Gasteiger partial charge is 0.414 e.